The van der Waals surface area contributed by atoms with Crippen LogP contribution in [0.5, 0.6) is 0 Å². The molecular formula is C12H17ClN2O4S. The third kappa shape index (κ3) is 4.28. The number of nitrogens with zero attached hydrogens (tertiary/aromatic N) is 1. The molecule has 0 aliphatic heterocycles. The summed E-state index contributed by atoms with van der Waals surface area (Å²) in [6.07, 6.45) is 1.15. The van der Waals surface area contributed by atoms with Crippen LogP contribution in [0.15, 0.2) is 12.1 Å². The zero-order chi connectivity index (χ0) is 15.5. The number of esters is 1. The van der Waals surface area contributed by atoms with E-state index in [0.717, 1.165) is 6.26 Å². The summed E-state index contributed by atoms with van der Waals surface area (Å²) in [5, 5.41) is 0.265. The van der Waals surface area contributed by atoms with Crippen LogP contribution in [0.25, 0.3) is 0 Å². The number of methoxy groups -OCH3 is 1. The molecule has 0 saturated heterocycles. The Kier molecular flexibility index (Phi) is 5.24. The van der Waals surface area contributed by atoms with E-state index in [1.165, 1.54) is 19.2 Å². The SMILES string of the molecule is COC(=O)c1cc(N)cc(Cl)c1N(C)CCS(C)(=O)=O. The van der Waals surface area contributed by atoms with Gasteiger partial charge in [0.05, 0.1) is 29.1 Å². The Labute approximate surface area is 123 Å². The van der Waals surface area contributed by atoms with Crippen LogP contribution < -0.4 is 10.6 Å². The average Bonchev–Trinajstić information content (AvgIpc) is 2.33. The Morgan fingerprint density at radius 3 is 2.55 bits per heavy atom. The summed E-state index contributed by atoms with van der Waals surface area (Å²) in [4.78, 5) is 13.4. The molecule has 112 valence electrons. The molecule has 0 aliphatic carbocycles. The monoisotopic (exact) mass is 320 g/mol. The molecule has 1 rings (SSSR count). The van der Waals surface area contributed by atoms with Gasteiger partial charge in [0.15, 0.2) is 0 Å². The first-order valence-electron chi connectivity index (χ1n) is 5.72. The van der Waals surface area contributed by atoms with Crippen molar-refractivity contribution in [1.29, 1.82) is 0 Å². The summed E-state index contributed by atoms with van der Waals surface area (Å²) in [5.74, 6) is -0.634. The molecule has 0 heterocycles. The van der Waals surface area contributed by atoms with Crippen LogP contribution in [-0.4, -0.2) is 47.1 Å². The lowest BCUT2D eigenvalue weighted by Gasteiger charge is -2.23. The maximum atomic E-state index is 11.8. The van der Waals surface area contributed by atoms with E-state index in [9.17, 15) is 13.2 Å². The normalized spacial score (nSPS) is 11.2. The van der Waals surface area contributed by atoms with E-state index in [1.807, 2.05) is 0 Å². The fourth-order valence-corrected chi connectivity index (χ4v) is 2.67. The quantitative estimate of drug-likeness (QED) is 0.647. The molecule has 0 spiro atoms. The van der Waals surface area contributed by atoms with Gasteiger partial charge in [-0.3, -0.25) is 0 Å². The van der Waals surface area contributed by atoms with Crippen LogP contribution in [0, 0.1) is 0 Å². The van der Waals surface area contributed by atoms with Crippen molar-refractivity contribution in [2.24, 2.45) is 0 Å². The second kappa shape index (κ2) is 6.32. The van der Waals surface area contributed by atoms with Gasteiger partial charge in [0.1, 0.15) is 9.84 Å². The average molecular weight is 321 g/mol. The molecule has 0 aromatic heterocycles. The van der Waals surface area contributed by atoms with Gasteiger partial charge in [0.2, 0.25) is 0 Å². The molecule has 0 amide bonds. The largest absolute Gasteiger partial charge is 0.465 e. The molecule has 0 bridgehead atoms. The first-order chi connectivity index (χ1) is 9.15. The lowest BCUT2D eigenvalue weighted by atomic mass is 10.1. The van der Waals surface area contributed by atoms with Crippen LogP contribution in [0.3, 0.4) is 0 Å². The highest BCUT2D eigenvalue weighted by atomic mass is 35.5. The van der Waals surface area contributed by atoms with E-state index in [1.54, 1.807) is 11.9 Å². The van der Waals surface area contributed by atoms with E-state index in [-0.39, 0.29) is 22.9 Å². The van der Waals surface area contributed by atoms with Gasteiger partial charge in [-0.1, -0.05) is 11.6 Å². The van der Waals surface area contributed by atoms with Crippen molar-refractivity contribution in [2.75, 3.05) is 43.3 Å². The second-order valence-corrected chi connectivity index (χ2v) is 7.11. The Morgan fingerprint density at radius 2 is 2.05 bits per heavy atom. The number of hydrogen-bond acceptors (Lipinski definition) is 6. The number of nitrogen functional groups attached to an aromatic ring is 1. The Bertz CT molecular complexity index is 616. The van der Waals surface area contributed by atoms with Crippen molar-refractivity contribution in [3.05, 3.63) is 22.7 Å². The van der Waals surface area contributed by atoms with Gasteiger partial charge in [-0.25, -0.2) is 13.2 Å². The number of rotatable bonds is 5. The number of benzene rings is 1. The highest BCUT2D eigenvalue weighted by Crippen LogP contribution is 2.32. The molecule has 0 saturated carbocycles. The first kappa shape index (κ1) is 16.6. The van der Waals surface area contributed by atoms with E-state index < -0.39 is 15.8 Å². The van der Waals surface area contributed by atoms with Gasteiger partial charge in [0, 0.05) is 25.5 Å². The van der Waals surface area contributed by atoms with Gasteiger partial charge < -0.3 is 15.4 Å². The number of anilines is 2. The van der Waals surface area contributed by atoms with Crippen LogP contribution in [-0.2, 0) is 14.6 Å². The zero-order valence-corrected chi connectivity index (χ0v) is 13.1. The lowest BCUT2D eigenvalue weighted by molar-refractivity contribution is 0.0601. The van der Waals surface area contributed by atoms with Crippen molar-refractivity contribution in [2.45, 2.75) is 0 Å². The van der Waals surface area contributed by atoms with Crippen LogP contribution in [0.2, 0.25) is 5.02 Å². The van der Waals surface area contributed by atoms with Crippen molar-refractivity contribution >= 4 is 38.8 Å². The van der Waals surface area contributed by atoms with Crippen molar-refractivity contribution in [3.8, 4) is 0 Å². The summed E-state index contributed by atoms with van der Waals surface area (Å²) >= 11 is 6.10. The molecule has 0 atom stereocenters. The predicted octanol–water partition coefficient (Wildman–Crippen LogP) is 1.19. The Morgan fingerprint density at radius 1 is 1.45 bits per heavy atom. The maximum Gasteiger partial charge on any atom is 0.340 e. The van der Waals surface area contributed by atoms with Gasteiger partial charge in [-0.15, -0.1) is 0 Å². The van der Waals surface area contributed by atoms with E-state index in [0.29, 0.717) is 11.4 Å². The van der Waals surface area contributed by atoms with E-state index in [2.05, 4.69) is 4.74 Å². The number of hydrogen-bond donors (Lipinski definition) is 1. The van der Waals surface area contributed by atoms with E-state index >= 15 is 0 Å². The molecule has 0 aliphatic rings. The molecule has 2 N–H and O–H groups in total. The summed E-state index contributed by atoms with van der Waals surface area (Å²) in [5.41, 5.74) is 6.59. The summed E-state index contributed by atoms with van der Waals surface area (Å²) in [7, 11) is -0.215. The number of halogens is 1. The fraction of sp³-hybridized carbons (Fsp3) is 0.417. The highest BCUT2D eigenvalue weighted by molar-refractivity contribution is 7.90. The summed E-state index contributed by atoms with van der Waals surface area (Å²) in [6, 6.07) is 2.95. The molecule has 8 heteroatoms. The lowest BCUT2D eigenvalue weighted by Crippen LogP contribution is -2.27. The molecule has 6 nitrogen and oxygen atoms in total. The first-order valence-corrected chi connectivity index (χ1v) is 8.15. The molecule has 0 unspecified atom stereocenters. The van der Waals surface area contributed by atoms with Crippen molar-refractivity contribution in [1.82, 2.24) is 0 Å². The topological polar surface area (TPSA) is 89.7 Å². The molecule has 0 radical (unpaired) electrons. The minimum Gasteiger partial charge on any atom is -0.465 e. The third-order valence-electron chi connectivity index (χ3n) is 2.67. The molecule has 1 aromatic rings. The molecular weight excluding hydrogens is 304 g/mol. The van der Waals surface area contributed by atoms with Gasteiger partial charge in [-0.05, 0) is 12.1 Å². The zero-order valence-electron chi connectivity index (χ0n) is 11.5. The van der Waals surface area contributed by atoms with Crippen molar-refractivity contribution in [3.63, 3.8) is 0 Å². The Balaban J connectivity index is 3.18. The second-order valence-electron chi connectivity index (χ2n) is 4.44. The van der Waals surface area contributed by atoms with Gasteiger partial charge >= 0.3 is 5.97 Å². The van der Waals surface area contributed by atoms with Gasteiger partial charge in [-0.2, -0.15) is 0 Å². The highest BCUT2D eigenvalue weighted by Gasteiger charge is 2.20. The minimum absolute atomic E-state index is 0.0508. The molecule has 20 heavy (non-hydrogen) atoms. The number of carbonyl (C=O) groups excluding carboxylic acids is 1. The number of nitrogens with two attached hydrogens (primary N) is 1. The minimum atomic E-state index is -3.11. The third-order valence-corrected chi connectivity index (χ3v) is 3.88. The number of ether oxygens (including phenoxy) is 1. The van der Waals surface area contributed by atoms with Crippen LogP contribution in [0.1, 0.15) is 10.4 Å². The standard InChI is InChI=1S/C12H17ClN2O4S/c1-15(4-5-20(3,17)18)11-9(12(16)19-2)6-8(14)7-10(11)13/h6-7H,4-5,14H2,1-3H3. The molecule has 1 aromatic carbocycles. The number of carbonyl (C=O) groups is 1. The smallest absolute Gasteiger partial charge is 0.340 e. The van der Waals surface area contributed by atoms with E-state index in [4.69, 9.17) is 17.3 Å². The van der Waals surface area contributed by atoms with Crippen LogP contribution in [0.4, 0.5) is 11.4 Å². The maximum absolute atomic E-state index is 11.8. The summed E-state index contributed by atoms with van der Waals surface area (Å²) < 4.78 is 27.1. The predicted molar refractivity (Wildman–Crippen MR) is 80.2 cm³/mol. The summed E-state index contributed by atoms with van der Waals surface area (Å²) in [6.45, 7) is 0.201. The molecule has 0 fully saturated rings. The van der Waals surface area contributed by atoms with Gasteiger partial charge in [0.25, 0.3) is 0 Å². The van der Waals surface area contributed by atoms with Crippen LogP contribution >= 0.6 is 11.6 Å². The fourth-order valence-electron chi connectivity index (χ4n) is 1.69. The van der Waals surface area contributed by atoms with Crippen molar-refractivity contribution < 1.29 is 17.9 Å². The Hall–Kier alpha value is -1.47. The number of sulfone groups is 1.